The molecule has 1 aliphatic rings. The molecule has 0 spiro atoms. The van der Waals surface area contributed by atoms with E-state index in [4.69, 9.17) is 0 Å². The van der Waals surface area contributed by atoms with Crippen molar-refractivity contribution in [3.05, 3.63) is 34.3 Å². The molecule has 0 aliphatic carbocycles. The van der Waals surface area contributed by atoms with Crippen LogP contribution in [-0.2, 0) is 11.2 Å². The van der Waals surface area contributed by atoms with Crippen LogP contribution in [0.5, 0.6) is 0 Å². The second kappa shape index (κ2) is 7.79. The average molecular weight is 339 g/mol. The van der Waals surface area contributed by atoms with Crippen molar-refractivity contribution in [3.63, 3.8) is 0 Å². The van der Waals surface area contributed by atoms with Gasteiger partial charge >= 0.3 is 0 Å². The van der Waals surface area contributed by atoms with Gasteiger partial charge in [-0.15, -0.1) is 0 Å². The van der Waals surface area contributed by atoms with Gasteiger partial charge in [0.1, 0.15) is 0 Å². The van der Waals surface area contributed by atoms with E-state index in [-0.39, 0.29) is 5.92 Å². The topological polar surface area (TPSA) is 32.3 Å². The number of amides is 1. The van der Waals surface area contributed by atoms with Gasteiger partial charge in [0, 0.05) is 30.0 Å². The van der Waals surface area contributed by atoms with Crippen molar-refractivity contribution in [2.75, 3.05) is 26.2 Å². The van der Waals surface area contributed by atoms with E-state index in [1.165, 1.54) is 5.56 Å². The molecule has 4 heteroatoms. The lowest BCUT2D eigenvalue weighted by Crippen LogP contribution is -2.39. The predicted octanol–water partition coefficient (Wildman–Crippen LogP) is 2.84. The monoisotopic (exact) mass is 338 g/mol. The maximum atomic E-state index is 12.7. The van der Waals surface area contributed by atoms with Crippen molar-refractivity contribution in [3.8, 4) is 0 Å². The Bertz CT molecular complexity index is 442. The molecule has 110 valence electrons. The maximum absolute atomic E-state index is 12.7. The summed E-state index contributed by atoms with van der Waals surface area (Å²) < 4.78 is 1.10. The van der Waals surface area contributed by atoms with Crippen LogP contribution in [0, 0.1) is 5.92 Å². The van der Waals surface area contributed by atoms with Crippen LogP contribution in [0.2, 0.25) is 0 Å². The summed E-state index contributed by atoms with van der Waals surface area (Å²) in [5.74, 6) is 0.402. The van der Waals surface area contributed by atoms with Crippen LogP contribution in [0.25, 0.3) is 0 Å². The largest absolute Gasteiger partial charge is 0.341 e. The minimum atomic E-state index is 0.0896. The van der Waals surface area contributed by atoms with Crippen LogP contribution in [-0.4, -0.2) is 37.0 Å². The van der Waals surface area contributed by atoms with Gasteiger partial charge in [0.25, 0.3) is 0 Å². The molecule has 20 heavy (non-hydrogen) atoms. The number of halogens is 1. The Kier molecular flexibility index (Phi) is 6.05. The summed E-state index contributed by atoms with van der Waals surface area (Å²) in [6.45, 7) is 5.76. The summed E-state index contributed by atoms with van der Waals surface area (Å²) in [5, 5.41) is 3.35. The molecule has 0 bridgehead atoms. The lowest BCUT2D eigenvalue weighted by molar-refractivity contribution is -0.135. The summed E-state index contributed by atoms with van der Waals surface area (Å²) in [6, 6.07) is 8.19. The zero-order valence-electron chi connectivity index (χ0n) is 12.1. The number of nitrogens with zero attached hydrogens (tertiary/aromatic N) is 1. The smallest absolute Gasteiger partial charge is 0.226 e. The van der Waals surface area contributed by atoms with Gasteiger partial charge in [-0.2, -0.15) is 0 Å². The molecule has 0 aromatic heterocycles. The Hall–Kier alpha value is -0.870. The fourth-order valence-electron chi connectivity index (χ4n) is 2.66. The molecule has 2 rings (SSSR count). The first-order valence-electron chi connectivity index (χ1n) is 7.45. The first-order chi connectivity index (χ1) is 9.72. The van der Waals surface area contributed by atoms with E-state index in [9.17, 15) is 4.79 Å². The van der Waals surface area contributed by atoms with E-state index in [2.05, 4.69) is 34.2 Å². The maximum Gasteiger partial charge on any atom is 0.226 e. The fraction of sp³-hybridized carbons (Fsp3) is 0.562. The Morgan fingerprint density at radius 3 is 2.90 bits per heavy atom. The van der Waals surface area contributed by atoms with E-state index in [1.807, 2.05) is 23.1 Å². The summed E-state index contributed by atoms with van der Waals surface area (Å²) in [4.78, 5) is 14.7. The third-order valence-corrected chi connectivity index (χ3v) is 4.69. The SMILES string of the molecule is CCC(Cc1ccccc1Br)C(=O)N1CCCNCC1. The van der Waals surface area contributed by atoms with Gasteiger partial charge in [0.2, 0.25) is 5.91 Å². The van der Waals surface area contributed by atoms with Crippen LogP contribution in [0.1, 0.15) is 25.3 Å². The number of nitrogens with one attached hydrogen (secondary N) is 1. The summed E-state index contributed by atoms with van der Waals surface area (Å²) in [5.41, 5.74) is 1.22. The molecule has 1 fully saturated rings. The molecule has 0 saturated carbocycles. The molecule has 1 N–H and O–H groups in total. The third-order valence-electron chi connectivity index (χ3n) is 3.92. The highest BCUT2D eigenvalue weighted by molar-refractivity contribution is 9.10. The van der Waals surface area contributed by atoms with E-state index in [0.717, 1.165) is 49.9 Å². The van der Waals surface area contributed by atoms with E-state index in [1.54, 1.807) is 0 Å². The van der Waals surface area contributed by atoms with Gasteiger partial charge in [-0.25, -0.2) is 0 Å². The Labute approximate surface area is 129 Å². The van der Waals surface area contributed by atoms with Gasteiger partial charge in [0.05, 0.1) is 0 Å². The first-order valence-corrected chi connectivity index (χ1v) is 8.24. The van der Waals surface area contributed by atoms with Crippen LogP contribution in [0.3, 0.4) is 0 Å². The Balaban J connectivity index is 2.03. The predicted molar refractivity (Wildman–Crippen MR) is 85.7 cm³/mol. The lowest BCUT2D eigenvalue weighted by atomic mass is 9.95. The number of carbonyl (C=O) groups is 1. The summed E-state index contributed by atoms with van der Waals surface area (Å²) in [7, 11) is 0. The molecule has 1 aromatic rings. The number of hydrogen-bond acceptors (Lipinski definition) is 2. The van der Waals surface area contributed by atoms with E-state index >= 15 is 0 Å². The third kappa shape index (κ3) is 4.06. The zero-order valence-corrected chi connectivity index (χ0v) is 13.7. The van der Waals surface area contributed by atoms with Crippen LogP contribution >= 0.6 is 15.9 Å². The molecular formula is C16H23BrN2O. The molecule has 1 heterocycles. The number of benzene rings is 1. The Morgan fingerprint density at radius 1 is 1.35 bits per heavy atom. The molecule has 1 unspecified atom stereocenters. The molecule has 3 nitrogen and oxygen atoms in total. The van der Waals surface area contributed by atoms with Gasteiger partial charge in [0.15, 0.2) is 0 Å². The van der Waals surface area contributed by atoms with Crippen molar-refractivity contribution in [2.45, 2.75) is 26.2 Å². The first kappa shape index (κ1) is 15.5. The lowest BCUT2D eigenvalue weighted by Gasteiger charge is -2.25. The number of carbonyl (C=O) groups excluding carboxylic acids is 1. The molecule has 1 aromatic carbocycles. The van der Waals surface area contributed by atoms with Crippen molar-refractivity contribution < 1.29 is 4.79 Å². The zero-order chi connectivity index (χ0) is 14.4. The second-order valence-corrected chi connectivity index (χ2v) is 6.18. The molecule has 0 radical (unpaired) electrons. The summed E-state index contributed by atoms with van der Waals surface area (Å²) in [6.07, 6.45) is 2.77. The van der Waals surface area contributed by atoms with Gasteiger partial charge in [-0.3, -0.25) is 4.79 Å². The van der Waals surface area contributed by atoms with Crippen molar-refractivity contribution in [2.24, 2.45) is 5.92 Å². The van der Waals surface area contributed by atoms with Crippen LogP contribution < -0.4 is 5.32 Å². The fourth-order valence-corrected chi connectivity index (χ4v) is 3.11. The van der Waals surface area contributed by atoms with Gasteiger partial charge in [-0.1, -0.05) is 41.1 Å². The Morgan fingerprint density at radius 2 is 2.15 bits per heavy atom. The van der Waals surface area contributed by atoms with Gasteiger partial charge < -0.3 is 10.2 Å². The van der Waals surface area contributed by atoms with Crippen LogP contribution in [0.4, 0.5) is 0 Å². The van der Waals surface area contributed by atoms with Gasteiger partial charge in [-0.05, 0) is 37.4 Å². The van der Waals surface area contributed by atoms with E-state index in [0.29, 0.717) is 5.91 Å². The van der Waals surface area contributed by atoms with Crippen molar-refractivity contribution in [1.82, 2.24) is 10.2 Å². The normalized spacial score (nSPS) is 17.6. The standard InChI is InChI=1S/C16H23BrN2O/c1-2-13(12-14-6-3-4-7-15(14)17)16(20)19-10-5-8-18-9-11-19/h3-4,6-7,13,18H,2,5,8-12H2,1H3. The average Bonchev–Trinajstić information content (AvgIpc) is 2.75. The number of rotatable bonds is 4. The minimum Gasteiger partial charge on any atom is -0.341 e. The second-order valence-electron chi connectivity index (χ2n) is 5.33. The molecule has 1 saturated heterocycles. The van der Waals surface area contributed by atoms with Crippen molar-refractivity contribution >= 4 is 21.8 Å². The highest BCUT2D eigenvalue weighted by Crippen LogP contribution is 2.22. The molecule has 1 atom stereocenters. The highest BCUT2D eigenvalue weighted by atomic mass is 79.9. The molecule has 1 amide bonds. The minimum absolute atomic E-state index is 0.0896. The quantitative estimate of drug-likeness (QED) is 0.915. The van der Waals surface area contributed by atoms with Crippen molar-refractivity contribution in [1.29, 1.82) is 0 Å². The van der Waals surface area contributed by atoms with Crippen LogP contribution in [0.15, 0.2) is 28.7 Å². The summed E-state index contributed by atoms with van der Waals surface area (Å²) >= 11 is 3.58. The number of hydrogen-bond donors (Lipinski definition) is 1. The van der Waals surface area contributed by atoms with E-state index < -0.39 is 0 Å². The highest BCUT2D eigenvalue weighted by Gasteiger charge is 2.24. The molecular weight excluding hydrogens is 316 g/mol. The molecule has 1 aliphatic heterocycles.